The van der Waals surface area contributed by atoms with Crippen molar-refractivity contribution in [1.29, 1.82) is 0 Å². The second-order valence-electron chi connectivity index (χ2n) is 3.44. The number of carboxylic acid groups (broad SMARTS) is 1. The summed E-state index contributed by atoms with van der Waals surface area (Å²) in [5.41, 5.74) is 0. The first-order chi connectivity index (χ1) is 7.49. The van der Waals surface area contributed by atoms with Gasteiger partial charge in [0.05, 0.1) is 11.1 Å². The van der Waals surface area contributed by atoms with Gasteiger partial charge in [0, 0.05) is 11.4 Å². The molecule has 5 heteroatoms. The average molecular weight is 263 g/mol. The van der Waals surface area contributed by atoms with Crippen molar-refractivity contribution >= 4 is 29.2 Å². The van der Waals surface area contributed by atoms with Crippen LogP contribution in [0, 0.1) is 0 Å². The first-order valence-corrected chi connectivity index (χ1v) is 5.58. The second kappa shape index (κ2) is 5.97. The lowest BCUT2D eigenvalue weighted by Gasteiger charge is -2.14. The Kier molecular flexibility index (Phi) is 4.90. The van der Waals surface area contributed by atoms with E-state index in [0.717, 1.165) is 0 Å². The van der Waals surface area contributed by atoms with Gasteiger partial charge in [-0.25, -0.2) is 0 Å². The van der Waals surface area contributed by atoms with E-state index in [-0.39, 0.29) is 12.5 Å². The fraction of sp³-hybridized carbons (Fsp3) is 0.364. The van der Waals surface area contributed by atoms with Gasteiger partial charge in [0.25, 0.3) is 0 Å². The third kappa shape index (κ3) is 4.29. The lowest BCUT2D eigenvalue weighted by molar-refractivity contribution is -0.137. The lowest BCUT2D eigenvalue weighted by Crippen LogP contribution is -2.13. The van der Waals surface area contributed by atoms with E-state index in [1.54, 1.807) is 25.1 Å². The van der Waals surface area contributed by atoms with E-state index in [4.69, 9.17) is 33.0 Å². The maximum Gasteiger partial charge on any atom is 0.303 e. The van der Waals surface area contributed by atoms with Crippen LogP contribution in [0.2, 0.25) is 10.0 Å². The number of benzene rings is 1. The van der Waals surface area contributed by atoms with Crippen molar-refractivity contribution in [2.45, 2.75) is 25.9 Å². The largest absolute Gasteiger partial charge is 0.489 e. The Bertz CT molecular complexity index is 379. The molecule has 0 spiro atoms. The number of halogens is 2. The predicted octanol–water partition coefficient (Wildman–Crippen LogP) is 3.63. The Labute approximate surface area is 104 Å². The van der Waals surface area contributed by atoms with Crippen LogP contribution in [-0.4, -0.2) is 17.2 Å². The first kappa shape index (κ1) is 13.1. The fourth-order valence-electron chi connectivity index (χ4n) is 1.17. The molecule has 1 unspecified atom stereocenters. The highest BCUT2D eigenvalue weighted by molar-refractivity contribution is 6.35. The third-order valence-electron chi connectivity index (χ3n) is 1.99. The molecule has 0 aromatic heterocycles. The lowest BCUT2D eigenvalue weighted by atomic mass is 10.2. The smallest absolute Gasteiger partial charge is 0.303 e. The maximum atomic E-state index is 10.4. The highest BCUT2D eigenvalue weighted by atomic mass is 35.5. The summed E-state index contributed by atoms with van der Waals surface area (Å²) in [6.07, 6.45) is 0.315. The zero-order valence-corrected chi connectivity index (χ0v) is 10.3. The van der Waals surface area contributed by atoms with Gasteiger partial charge in [-0.05, 0) is 31.5 Å². The Morgan fingerprint density at radius 2 is 2.19 bits per heavy atom. The molecule has 16 heavy (non-hydrogen) atoms. The summed E-state index contributed by atoms with van der Waals surface area (Å²) in [6.45, 7) is 1.80. The maximum absolute atomic E-state index is 10.4. The van der Waals surface area contributed by atoms with Crippen molar-refractivity contribution in [2.24, 2.45) is 0 Å². The highest BCUT2D eigenvalue weighted by Gasteiger charge is 2.09. The summed E-state index contributed by atoms with van der Waals surface area (Å²) in [7, 11) is 0. The van der Waals surface area contributed by atoms with Gasteiger partial charge in [0.15, 0.2) is 0 Å². The Morgan fingerprint density at radius 3 is 2.75 bits per heavy atom. The van der Waals surface area contributed by atoms with Gasteiger partial charge >= 0.3 is 5.97 Å². The highest BCUT2D eigenvalue weighted by Crippen LogP contribution is 2.28. The van der Waals surface area contributed by atoms with Gasteiger partial charge in [-0.15, -0.1) is 0 Å². The Hall–Kier alpha value is -0.930. The van der Waals surface area contributed by atoms with Gasteiger partial charge in [0.2, 0.25) is 0 Å². The van der Waals surface area contributed by atoms with Crippen LogP contribution in [0.3, 0.4) is 0 Å². The van der Waals surface area contributed by atoms with E-state index in [2.05, 4.69) is 0 Å². The van der Waals surface area contributed by atoms with Crippen LogP contribution < -0.4 is 4.74 Å². The van der Waals surface area contributed by atoms with Crippen molar-refractivity contribution in [3.05, 3.63) is 28.2 Å². The molecule has 0 bridgehead atoms. The fourth-order valence-corrected chi connectivity index (χ4v) is 1.63. The molecular formula is C11H12Cl2O3. The quantitative estimate of drug-likeness (QED) is 0.882. The van der Waals surface area contributed by atoms with Crippen LogP contribution in [-0.2, 0) is 4.79 Å². The van der Waals surface area contributed by atoms with Crippen LogP contribution >= 0.6 is 23.2 Å². The molecule has 0 amide bonds. The van der Waals surface area contributed by atoms with E-state index in [9.17, 15) is 4.79 Å². The Morgan fingerprint density at radius 1 is 1.50 bits per heavy atom. The van der Waals surface area contributed by atoms with E-state index in [0.29, 0.717) is 22.2 Å². The molecule has 0 aliphatic heterocycles. The van der Waals surface area contributed by atoms with Gasteiger partial charge in [-0.3, -0.25) is 4.79 Å². The molecule has 1 N–H and O–H groups in total. The predicted molar refractivity (Wildman–Crippen MR) is 63.4 cm³/mol. The molecule has 3 nitrogen and oxygen atoms in total. The van der Waals surface area contributed by atoms with Crippen LogP contribution in [0.5, 0.6) is 5.75 Å². The number of carboxylic acids is 1. The third-order valence-corrected chi connectivity index (χ3v) is 2.52. The SMILES string of the molecule is CC(CCC(=O)O)Oc1ccc(Cl)cc1Cl. The molecule has 88 valence electrons. The van der Waals surface area contributed by atoms with E-state index in [1.165, 1.54) is 0 Å². The molecule has 1 rings (SSSR count). The van der Waals surface area contributed by atoms with Crippen molar-refractivity contribution < 1.29 is 14.6 Å². The van der Waals surface area contributed by atoms with Gasteiger partial charge < -0.3 is 9.84 Å². The zero-order valence-electron chi connectivity index (χ0n) is 8.74. The minimum absolute atomic E-state index is 0.0758. The average Bonchev–Trinajstić information content (AvgIpc) is 2.19. The van der Waals surface area contributed by atoms with E-state index in [1.807, 2.05) is 0 Å². The minimum Gasteiger partial charge on any atom is -0.489 e. The monoisotopic (exact) mass is 262 g/mol. The number of ether oxygens (including phenoxy) is 1. The molecule has 0 saturated heterocycles. The topological polar surface area (TPSA) is 46.5 Å². The molecule has 0 saturated carbocycles. The van der Waals surface area contributed by atoms with Crippen LogP contribution in [0.15, 0.2) is 18.2 Å². The molecule has 0 heterocycles. The van der Waals surface area contributed by atoms with Crippen LogP contribution in [0.25, 0.3) is 0 Å². The number of aliphatic carboxylic acids is 1. The summed E-state index contributed by atoms with van der Waals surface area (Å²) >= 11 is 11.6. The zero-order chi connectivity index (χ0) is 12.1. The number of hydrogen-bond donors (Lipinski definition) is 1. The molecule has 1 aromatic rings. The van der Waals surface area contributed by atoms with Crippen molar-refractivity contribution in [3.8, 4) is 5.75 Å². The summed E-state index contributed by atoms with van der Waals surface area (Å²) < 4.78 is 5.50. The molecule has 0 aliphatic carbocycles. The molecular weight excluding hydrogens is 251 g/mol. The van der Waals surface area contributed by atoms with Crippen molar-refractivity contribution in [1.82, 2.24) is 0 Å². The van der Waals surface area contributed by atoms with Gasteiger partial charge in [0.1, 0.15) is 5.75 Å². The molecule has 1 atom stereocenters. The van der Waals surface area contributed by atoms with E-state index >= 15 is 0 Å². The molecule has 0 radical (unpaired) electrons. The normalized spacial score (nSPS) is 12.2. The van der Waals surface area contributed by atoms with E-state index < -0.39 is 5.97 Å². The number of rotatable bonds is 5. The van der Waals surface area contributed by atoms with Gasteiger partial charge in [-0.1, -0.05) is 23.2 Å². The summed E-state index contributed by atoms with van der Waals surface area (Å²) in [5.74, 6) is -0.318. The first-order valence-electron chi connectivity index (χ1n) is 4.82. The van der Waals surface area contributed by atoms with Crippen LogP contribution in [0.4, 0.5) is 0 Å². The standard InChI is InChI=1S/C11H12Cl2O3/c1-7(2-5-11(14)15)16-10-4-3-8(12)6-9(10)13/h3-4,6-7H,2,5H2,1H3,(H,14,15). The van der Waals surface area contributed by atoms with Crippen molar-refractivity contribution in [2.75, 3.05) is 0 Å². The summed E-state index contributed by atoms with van der Waals surface area (Å²) in [4.78, 5) is 10.4. The van der Waals surface area contributed by atoms with Crippen molar-refractivity contribution in [3.63, 3.8) is 0 Å². The molecule has 0 aliphatic rings. The van der Waals surface area contributed by atoms with Crippen LogP contribution in [0.1, 0.15) is 19.8 Å². The number of carbonyl (C=O) groups is 1. The molecule has 0 fully saturated rings. The van der Waals surface area contributed by atoms with Gasteiger partial charge in [-0.2, -0.15) is 0 Å². The minimum atomic E-state index is -0.836. The number of hydrogen-bond acceptors (Lipinski definition) is 2. The summed E-state index contributed by atoms with van der Waals surface area (Å²) in [5, 5.41) is 9.48. The second-order valence-corrected chi connectivity index (χ2v) is 4.28. The summed E-state index contributed by atoms with van der Waals surface area (Å²) in [6, 6.07) is 4.93. The molecule has 1 aromatic carbocycles. The Balaban J connectivity index is 2.55.